The van der Waals surface area contributed by atoms with Crippen molar-refractivity contribution in [3.63, 3.8) is 0 Å². The molecule has 29 heavy (non-hydrogen) atoms. The number of rotatable bonds is 2. The highest BCUT2D eigenvalue weighted by Gasteiger charge is 2.57. The molecule has 3 aliphatic rings. The van der Waals surface area contributed by atoms with Crippen LogP contribution in [-0.4, -0.2) is 92.0 Å². The topological polar surface area (TPSA) is 89.9 Å². The maximum absolute atomic E-state index is 13.1. The molecule has 8 nitrogen and oxygen atoms in total. The van der Waals surface area contributed by atoms with E-state index in [9.17, 15) is 14.7 Å². The SMILES string of the molecule is O=C(c1cccnc1)N1CC2CC(O)CN2C2(C1)CN(C(=O)c1cccnc1)C2. The Hall–Kier alpha value is -2.84. The van der Waals surface area contributed by atoms with E-state index in [2.05, 4.69) is 14.9 Å². The predicted molar refractivity (Wildman–Crippen MR) is 104 cm³/mol. The molecule has 3 aliphatic heterocycles. The molecule has 2 aromatic heterocycles. The van der Waals surface area contributed by atoms with Gasteiger partial charge >= 0.3 is 0 Å². The molecular weight excluding hydrogens is 370 g/mol. The number of amides is 2. The number of nitrogens with zero attached hydrogens (tertiary/aromatic N) is 5. The molecule has 0 aromatic carbocycles. The number of hydrogen-bond donors (Lipinski definition) is 1. The van der Waals surface area contributed by atoms with Crippen molar-refractivity contribution in [2.24, 2.45) is 0 Å². The molecule has 150 valence electrons. The highest BCUT2D eigenvalue weighted by Crippen LogP contribution is 2.39. The van der Waals surface area contributed by atoms with Gasteiger partial charge in [-0.05, 0) is 30.7 Å². The predicted octanol–water partition coefficient (Wildman–Crippen LogP) is 0.262. The summed E-state index contributed by atoms with van der Waals surface area (Å²) in [6.07, 6.45) is 6.72. The minimum absolute atomic E-state index is 0.0456. The standard InChI is InChI=1S/C21H23N5O3/c27-18-7-17-10-24(19(28)15-3-1-5-22-8-15)12-21(26(17)11-18)13-25(14-21)20(29)16-4-2-6-23-9-16/h1-6,8-9,17-18,27H,7,10-14H2. The lowest BCUT2D eigenvalue weighted by Gasteiger charge is -2.60. The second-order valence-corrected chi connectivity index (χ2v) is 8.25. The Kier molecular flexibility index (Phi) is 4.33. The Morgan fingerprint density at radius 1 is 0.931 bits per heavy atom. The Balaban J connectivity index is 1.37. The summed E-state index contributed by atoms with van der Waals surface area (Å²) in [5, 5.41) is 10.3. The largest absolute Gasteiger partial charge is 0.392 e. The summed E-state index contributed by atoms with van der Waals surface area (Å²) in [6, 6.07) is 7.16. The Bertz CT molecular complexity index is 916. The third-order valence-corrected chi connectivity index (χ3v) is 6.28. The van der Waals surface area contributed by atoms with Crippen molar-refractivity contribution in [2.45, 2.75) is 24.1 Å². The summed E-state index contributed by atoms with van der Waals surface area (Å²) in [7, 11) is 0. The molecule has 5 rings (SSSR count). The van der Waals surface area contributed by atoms with Gasteiger partial charge in [-0.1, -0.05) is 0 Å². The fourth-order valence-corrected chi connectivity index (χ4v) is 5.00. The molecule has 2 aromatic rings. The first kappa shape index (κ1) is 18.2. The molecule has 8 heteroatoms. The van der Waals surface area contributed by atoms with Crippen molar-refractivity contribution in [1.29, 1.82) is 0 Å². The number of aliphatic hydroxyl groups excluding tert-OH is 1. The molecule has 3 saturated heterocycles. The summed E-state index contributed by atoms with van der Waals surface area (Å²) in [4.78, 5) is 39.9. The fraction of sp³-hybridized carbons (Fsp3) is 0.429. The highest BCUT2D eigenvalue weighted by atomic mass is 16.3. The lowest BCUT2D eigenvalue weighted by Crippen LogP contribution is -2.79. The van der Waals surface area contributed by atoms with Crippen molar-refractivity contribution >= 4 is 11.8 Å². The summed E-state index contributed by atoms with van der Waals surface area (Å²) in [5.41, 5.74) is 0.826. The third kappa shape index (κ3) is 3.08. The number of aliphatic hydroxyl groups is 1. The fourth-order valence-electron chi connectivity index (χ4n) is 5.00. The summed E-state index contributed by atoms with van der Waals surface area (Å²) in [5.74, 6) is -0.0914. The van der Waals surface area contributed by atoms with Crippen LogP contribution in [-0.2, 0) is 0 Å². The average molecular weight is 393 g/mol. The lowest BCUT2D eigenvalue weighted by atomic mass is 9.83. The summed E-state index contributed by atoms with van der Waals surface area (Å²) < 4.78 is 0. The molecule has 2 amide bonds. The molecule has 2 unspecified atom stereocenters. The van der Waals surface area contributed by atoms with Crippen LogP contribution in [0.25, 0.3) is 0 Å². The van der Waals surface area contributed by atoms with Gasteiger partial charge in [0.05, 0.1) is 22.8 Å². The van der Waals surface area contributed by atoms with Gasteiger partial charge in [-0.25, -0.2) is 0 Å². The molecule has 0 saturated carbocycles. The normalized spacial score (nSPS) is 25.6. The quantitative estimate of drug-likeness (QED) is 0.787. The van der Waals surface area contributed by atoms with E-state index in [-0.39, 0.29) is 23.4 Å². The van der Waals surface area contributed by atoms with Gasteiger partial charge < -0.3 is 14.9 Å². The number of β-amino-alcohol motifs (C(OH)–C–C–N with tert-alkyl or cyclic N) is 1. The Labute approximate surface area is 168 Å². The molecule has 1 N–H and O–H groups in total. The lowest BCUT2D eigenvalue weighted by molar-refractivity contribution is -0.0917. The van der Waals surface area contributed by atoms with Crippen molar-refractivity contribution < 1.29 is 14.7 Å². The average Bonchev–Trinajstić information content (AvgIpc) is 3.12. The van der Waals surface area contributed by atoms with Crippen LogP contribution in [0.4, 0.5) is 0 Å². The number of likely N-dealkylation sites (tertiary alicyclic amines) is 1. The highest BCUT2D eigenvalue weighted by molar-refractivity contribution is 5.95. The van der Waals surface area contributed by atoms with Gasteiger partial charge in [0.1, 0.15) is 0 Å². The molecule has 0 radical (unpaired) electrons. The van der Waals surface area contributed by atoms with Crippen LogP contribution in [0.5, 0.6) is 0 Å². The van der Waals surface area contributed by atoms with E-state index in [4.69, 9.17) is 0 Å². The minimum Gasteiger partial charge on any atom is -0.392 e. The first-order chi connectivity index (χ1) is 14.1. The van der Waals surface area contributed by atoms with Crippen LogP contribution in [0.1, 0.15) is 27.1 Å². The van der Waals surface area contributed by atoms with Crippen LogP contribution in [0.15, 0.2) is 49.1 Å². The zero-order chi connectivity index (χ0) is 20.0. The van der Waals surface area contributed by atoms with Crippen molar-refractivity contribution in [3.8, 4) is 0 Å². The third-order valence-electron chi connectivity index (χ3n) is 6.28. The van der Waals surface area contributed by atoms with Crippen LogP contribution in [0, 0.1) is 0 Å². The molecular formula is C21H23N5O3. The molecule has 1 spiro atoms. The van der Waals surface area contributed by atoms with Gasteiger partial charge in [0.15, 0.2) is 0 Å². The number of carbonyl (C=O) groups is 2. The van der Waals surface area contributed by atoms with E-state index in [1.54, 1.807) is 54.0 Å². The van der Waals surface area contributed by atoms with Gasteiger partial charge in [-0.15, -0.1) is 0 Å². The van der Waals surface area contributed by atoms with E-state index >= 15 is 0 Å². The number of carbonyl (C=O) groups excluding carboxylic acids is 2. The number of hydrogen-bond acceptors (Lipinski definition) is 6. The Morgan fingerprint density at radius 3 is 2.10 bits per heavy atom. The van der Waals surface area contributed by atoms with Gasteiger partial charge in [0.2, 0.25) is 0 Å². The van der Waals surface area contributed by atoms with E-state index in [1.165, 1.54) is 0 Å². The maximum Gasteiger partial charge on any atom is 0.255 e. The molecule has 0 bridgehead atoms. The van der Waals surface area contributed by atoms with E-state index in [1.807, 2.05) is 4.90 Å². The number of fused-ring (bicyclic) bond motifs is 2. The van der Waals surface area contributed by atoms with Crippen LogP contribution < -0.4 is 0 Å². The van der Waals surface area contributed by atoms with Crippen molar-refractivity contribution in [2.75, 3.05) is 32.7 Å². The number of pyridine rings is 2. The van der Waals surface area contributed by atoms with Crippen molar-refractivity contribution in [1.82, 2.24) is 24.7 Å². The second kappa shape index (κ2) is 6.89. The molecule has 3 fully saturated rings. The van der Waals surface area contributed by atoms with E-state index < -0.39 is 6.10 Å². The number of aromatic nitrogens is 2. The van der Waals surface area contributed by atoms with Gasteiger partial charge in [-0.2, -0.15) is 0 Å². The minimum atomic E-state index is -0.395. The van der Waals surface area contributed by atoms with Gasteiger partial charge in [0, 0.05) is 63.6 Å². The van der Waals surface area contributed by atoms with Gasteiger partial charge in [-0.3, -0.25) is 24.5 Å². The first-order valence-electron chi connectivity index (χ1n) is 9.89. The first-order valence-corrected chi connectivity index (χ1v) is 9.89. The monoisotopic (exact) mass is 393 g/mol. The summed E-state index contributed by atoms with van der Waals surface area (Å²) in [6.45, 7) is 2.81. The Morgan fingerprint density at radius 2 is 1.52 bits per heavy atom. The summed E-state index contributed by atoms with van der Waals surface area (Å²) >= 11 is 0. The van der Waals surface area contributed by atoms with Crippen LogP contribution in [0.2, 0.25) is 0 Å². The zero-order valence-corrected chi connectivity index (χ0v) is 16.0. The molecule has 5 heterocycles. The van der Waals surface area contributed by atoms with Crippen molar-refractivity contribution in [3.05, 3.63) is 60.2 Å². The molecule has 0 aliphatic carbocycles. The smallest absolute Gasteiger partial charge is 0.255 e. The van der Waals surface area contributed by atoms with E-state index in [0.717, 1.165) is 0 Å². The van der Waals surface area contributed by atoms with Gasteiger partial charge in [0.25, 0.3) is 11.8 Å². The number of piperazine rings is 1. The maximum atomic E-state index is 13.1. The molecule has 2 atom stereocenters. The second-order valence-electron chi connectivity index (χ2n) is 8.25. The van der Waals surface area contributed by atoms with Crippen LogP contribution in [0.3, 0.4) is 0 Å². The van der Waals surface area contributed by atoms with Crippen LogP contribution >= 0.6 is 0 Å². The van der Waals surface area contributed by atoms with E-state index in [0.29, 0.717) is 50.3 Å². The zero-order valence-electron chi connectivity index (χ0n) is 16.0.